The molecule has 2 heterocycles. The molecule has 8 nitrogen and oxygen atoms in total. The number of nitrogens with two attached hydrogens (primary N) is 1. The van der Waals surface area contributed by atoms with Gasteiger partial charge in [-0.2, -0.15) is 10.4 Å². The summed E-state index contributed by atoms with van der Waals surface area (Å²) in [6.07, 6.45) is 3.33. The third-order valence-corrected chi connectivity index (χ3v) is 5.00. The first-order valence-electron chi connectivity index (χ1n) is 10.6. The predicted octanol–water partition coefficient (Wildman–Crippen LogP) is 5.19. The smallest absolute Gasteiger partial charge is 0.140 e. The van der Waals surface area contributed by atoms with Crippen LogP contribution in [0.2, 0.25) is 0 Å². The number of anilines is 1. The van der Waals surface area contributed by atoms with Crippen molar-refractivity contribution < 1.29 is 13.9 Å². The predicted molar refractivity (Wildman–Crippen MR) is 125 cm³/mol. The third kappa shape index (κ3) is 4.96. The zero-order chi connectivity index (χ0) is 24.2. The molecule has 172 valence electrons. The largest absolute Gasteiger partial charge is 0.489 e. The Morgan fingerprint density at radius 1 is 1.06 bits per heavy atom. The maximum atomic E-state index is 14.1. The van der Waals surface area contributed by atoms with Gasteiger partial charge in [0.1, 0.15) is 58.6 Å². The molecule has 0 amide bonds. The van der Waals surface area contributed by atoms with Crippen molar-refractivity contribution in [2.75, 3.05) is 5.73 Å². The summed E-state index contributed by atoms with van der Waals surface area (Å²) in [6.45, 7) is 5.88. The van der Waals surface area contributed by atoms with Crippen molar-refractivity contribution in [1.82, 2.24) is 19.7 Å². The topological polar surface area (TPSA) is 112 Å². The Balaban J connectivity index is 1.50. The van der Waals surface area contributed by atoms with Crippen LogP contribution in [0, 0.1) is 24.1 Å². The molecule has 2 N–H and O–H groups in total. The highest BCUT2D eigenvalue weighted by molar-refractivity contribution is 5.73. The van der Waals surface area contributed by atoms with E-state index in [0.717, 1.165) is 11.1 Å². The lowest BCUT2D eigenvalue weighted by Gasteiger charge is -2.10. The Kier molecular flexibility index (Phi) is 6.41. The molecule has 9 heteroatoms. The van der Waals surface area contributed by atoms with Gasteiger partial charge >= 0.3 is 0 Å². The molecule has 0 spiro atoms. The van der Waals surface area contributed by atoms with Gasteiger partial charge in [-0.3, -0.25) is 0 Å². The number of hydrogen-bond donors (Lipinski definition) is 1. The fourth-order valence-electron chi connectivity index (χ4n) is 3.31. The van der Waals surface area contributed by atoms with E-state index in [1.54, 1.807) is 54.3 Å². The molecule has 0 aliphatic carbocycles. The average molecular weight is 458 g/mol. The molecular weight excluding hydrogens is 435 g/mol. The van der Waals surface area contributed by atoms with Crippen LogP contribution in [0.3, 0.4) is 0 Å². The summed E-state index contributed by atoms with van der Waals surface area (Å²) in [5, 5.41) is 14.0. The molecule has 0 unspecified atom stereocenters. The second-order valence-corrected chi connectivity index (χ2v) is 7.94. The summed E-state index contributed by atoms with van der Waals surface area (Å²) < 4.78 is 27.3. The van der Waals surface area contributed by atoms with E-state index in [1.807, 2.05) is 13.8 Å². The van der Waals surface area contributed by atoms with Gasteiger partial charge in [0.15, 0.2) is 0 Å². The maximum absolute atomic E-state index is 14.1. The van der Waals surface area contributed by atoms with Crippen molar-refractivity contribution in [3.05, 3.63) is 77.6 Å². The van der Waals surface area contributed by atoms with E-state index in [9.17, 15) is 9.65 Å². The van der Waals surface area contributed by atoms with Crippen molar-refractivity contribution in [3.63, 3.8) is 0 Å². The molecule has 0 radical (unpaired) electrons. The molecule has 34 heavy (non-hydrogen) atoms. The molecule has 4 aromatic rings. The Bertz CT molecular complexity index is 1340. The monoisotopic (exact) mass is 458 g/mol. The third-order valence-electron chi connectivity index (χ3n) is 5.00. The lowest BCUT2D eigenvalue weighted by molar-refractivity contribution is 0.301. The number of nitrogens with zero attached hydrogens (tertiary/aromatic N) is 5. The molecule has 2 aromatic carbocycles. The quantitative estimate of drug-likeness (QED) is 0.405. The van der Waals surface area contributed by atoms with Crippen LogP contribution in [0.15, 0.2) is 54.9 Å². The Labute approximate surface area is 196 Å². The van der Waals surface area contributed by atoms with E-state index in [-0.39, 0.29) is 18.4 Å². The van der Waals surface area contributed by atoms with Crippen LogP contribution in [0.4, 0.5) is 10.2 Å². The van der Waals surface area contributed by atoms with Gasteiger partial charge in [-0.25, -0.2) is 19.0 Å². The molecule has 0 aliphatic rings. The summed E-state index contributed by atoms with van der Waals surface area (Å²) in [4.78, 5) is 8.23. The molecule has 0 saturated heterocycles. The lowest BCUT2D eigenvalue weighted by Crippen LogP contribution is -2.07. The minimum absolute atomic E-state index is 0.0198. The Morgan fingerprint density at radius 3 is 2.38 bits per heavy atom. The van der Waals surface area contributed by atoms with Crippen molar-refractivity contribution in [1.29, 1.82) is 5.26 Å². The van der Waals surface area contributed by atoms with Crippen LogP contribution in [-0.2, 0) is 6.61 Å². The zero-order valence-corrected chi connectivity index (χ0v) is 19.0. The van der Waals surface area contributed by atoms with E-state index >= 15 is 0 Å². The Morgan fingerprint density at radius 2 is 1.74 bits per heavy atom. The van der Waals surface area contributed by atoms with Gasteiger partial charge in [-0.1, -0.05) is 0 Å². The normalized spacial score (nSPS) is 10.8. The first-order chi connectivity index (χ1) is 16.3. The van der Waals surface area contributed by atoms with Crippen molar-refractivity contribution in [2.45, 2.75) is 33.4 Å². The van der Waals surface area contributed by atoms with Crippen LogP contribution in [0.1, 0.15) is 36.8 Å². The molecule has 0 atom stereocenters. The maximum Gasteiger partial charge on any atom is 0.140 e. The van der Waals surface area contributed by atoms with Crippen molar-refractivity contribution in [3.8, 4) is 34.6 Å². The van der Waals surface area contributed by atoms with Gasteiger partial charge in [0.2, 0.25) is 0 Å². The van der Waals surface area contributed by atoms with E-state index in [2.05, 4.69) is 21.1 Å². The summed E-state index contributed by atoms with van der Waals surface area (Å²) in [6, 6.07) is 13.3. The number of rotatable bonds is 7. The first kappa shape index (κ1) is 22.7. The number of hydrogen-bond acceptors (Lipinski definition) is 7. The fraction of sp³-hybridized carbons (Fsp3) is 0.200. The first-order valence-corrected chi connectivity index (χ1v) is 10.6. The SMILES string of the molecule is Cc1ncc(COc2cc(F)cc(Oc3ccc(-c4nn(C(C)C)c(N)c4C#N)cc3)c2)cn1. The van der Waals surface area contributed by atoms with E-state index in [4.69, 9.17) is 15.2 Å². The van der Waals surface area contributed by atoms with Gasteiger partial charge in [0.05, 0.1) is 0 Å². The second kappa shape index (κ2) is 9.58. The molecule has 0 bridgehead atoms. The number of ether oxygens (including phenoxy) is 2. The van der Waals surface area contributed by atoms with Crippen LogP contribution >= 0.6 is 0 Å². The number of benzene rings is 2. The minimum atomic E-state index is -0.488. The highest BCUT2D eigenvalue weighted by Crippen LogP contribution is 2.32. The number of nitrogen functional groups attached to an aromatic ring is 1. The van der Waals surface area contributed by atoms with Gasteiger partial charge < -0.3 is 15.2 Å². The lowest BCUT2D eigenvalue weighted by atomic mass is 10.1. The molecule has 0 saturated carbocycles. The minimum Gasteiger partial charge on any atom is -0.489 e. The highest BCUT2D eigenvalue weighted by Gasteiger charge is 2.18. The summed E-state index contributed by atoms with van der Waals surface area (Å²) in [5.74, 6) is 1.60. The summed E-state index contributed by atoms with van der Waals surface area (Å²) >= 11 is 0. The number of aromatic nitrogens is 4. The second-order valence-electron chi connectivity index (χ2n) is 7.94. The number of nitriles is 1. The number of aryl methyl sites for hydroxylation is 1. The standard InChI is InChI=1S/C25H23FN6O2/c1-15(2)32-25(28)23(11-27)24(31-32)18-4-6-20(7-5-18)34-22-9-19(26)8-21(10-22)33-14-17-12-29-16(3)30-13-17/h4-10,12-13,15H,14,28H2,1-3H3. The van der Waals surface area contributed by atoms with Gasteiger partial charge in [-0.05, 0) is 45.0 Å². The summed E-state index contributed by atoms with van der Waals surface area (Å²) in [5.41, 5.74) is 8.40. The molecule has 4 rings (SSSR count). The highest BCUT2D eigenvalue weighted by atomic mass is 19.1. The summed E-state index contributed by atoms with van der Waals surface area (Å²) in [7, 11) is 0. The number of halogens is 1. The van der Waals surface area contributed by atoms with Gasteiger partial charge in [-0.15, -0.1) is 0 Å². The van der Waals surface area contributed by atoms with E-state index in [0.29, 0.717) is 34.4 Å². The van der Waals surface area contributed by atoms with Gasteiger partial charge in [0, 0.05) is 47.8 Å². The van der Waals surface area contributed by atoms with Crippen molar-refractivity contribution in [2.24, 2.45) is 0 Å². The molecule has 2 aromatic heterocycles. The fourth-order valence-corrected chi connectivity index (χ4v) is 3.31. The Hall–Kier alpha value is -4.45. The van der Waals surface area contributed by atoms with Crippen LogP contribution in [0.5, 0.6) is 17.2 Å². The molecular formula is C25H23FN6O2. The van der Waals surface area contributed by atoms with E-state index < -0.39 is 5.82 Å². The van der Waals surface area contributed by atoms with Crippen LogP contribution in [-0.4, -0.2) is 19.7 Å². The van der Waals surface area contributed by atoms with Gasteiger partial charge in [0.25, 0.3) is 0 Å². The molecule has 0 fully saturated rings. The van der Waals surface area contributed by atoms with Crippen LogP contribution in [0.25, 0.3) is 11.3 Å². The van der Waals surface area contributed by atoms with Crippen LogP contribution < -0.4 is 15.2 Å². The average Bonchev–Trinajstić information content (AvgIpc) is 3.15. The molecule has 0 aliphatic heterocycles. The van der Waals surface area contributed by atoms with E-state index in [1.165, 1.54) is 12.1 Å². The zero-order valence-electron chi connectivity index (χ0n) is 19.0. The van der Waals surface area contributed by atoms with Crippen molar-refractivity contribution >= 4 is 5.82 Å².